The van der Waals surface area contributed by atoms with Gasteiger partial charge in [0.2, 0.25) is 0 Å². The molecule has 1 aromatic carbocycles. The Bertz CT molecular complexity index is 407. The topological polar surface area (TPSA) is 15.3 Å². The normalized spacial score (nSPS) is 17.8. The van der Waals surface area contributed by atoms with Gasteiger partial charge in [0, 0.05) is 32.2 Å². The number of nitrogens with one attached hydrogen (secondary N) is 1. The summed E-state index contributed by atoms with van der Waals surface area (Å²) < 4.78 is 37.9. The molecule has 2 nitrogen and oxygen atoms in total. The average Bonchev–Trinajstić information content (AvgIpc) is 2.38. The zero-order chi connectivity index (χ0) is 13.2. The number of rotatable bonds is 2. The summed E-state index contributed by atoms with van der Waals surface area (Å²) in [5.74, 6) is 0. The van der Waals surface area contributed by atoms with E-state index in [1.165, 1.54) is 12.1 Å². The highest BCUT2D eigenvalue weighted by atomic mass is 35.5. The van der Waals surface area contributed by atoms with Gasteiger partial charge in [0.25, 0.3) is 0 Å². The van der Waals surface area contributed by atoms with Crippen molar-refractivity contribution in [1.82, 2.24) is 10.2 Å². The molecule has 1 atom stereocenters. The molecule has 1 aliphatic rings. The molecule has 0 unspecified atom stereocenters. The minimum atomic E-state index is -4.26. The van der Waals surface area contributed by atoms with Gasteiger partial charge in [-0.15, -0.1) is 24.8 Å². The van der Waals surface area contributed by atoms with E-state index >= 15 is 0 Å². The van der Waals surface area contributed by atoms with Gasteiger partial charge in [0.15, 0.2) is 0 Å². The molecule has 0 aromatic heterocycles. The van der Waals surface area contributed by atoms with Crippen molar-refractivity contribution in [3.05, 3.63) is 35.4 Å². The zero-order valence-electron chi connectivity index (χ0n) is 11.1. The van der Waals surface area contributed by atoms with Gasteiger partial charge in [-0.05, 0) is 24.6 Å². The third-order valence-electron chi connectivity index (χ3n) is 3.40. The van der Waals surface area contributed by atoms with Crippen LogP contribution in [0.15, 0.2) is 24.3 Å². The summed E-state index contributed by atoms with van der Waals surface area (Å²) in [6.45, 7) is 5.49. The second-order valence-electron chi connectivity index (χ2n) is 4.59. The minimum Gasteiger partial charge on any atom is -0.314 e. The molecule has 0 spiro atoms. The first kappa shape index (κ1) is 19.5. The molecule has 0 aliphatic carbocycles. The van der Waals surface area contributed by atoms with Crippen LogP contribution in [0, 0.1) is 0 Å². The molecule has 1 N–H and O–H groups in total. The highest BCUT2D eigenvalue weighted by Gasteiger charge is 2.31. The Labute approximate surface area is 129 Å². The van der Waals surface area contributed by atoms with Gasteiger partial charge < -0.3 is 5.32 Å². The van der Waals surface area contributed by atoms with Crippen LogP contribution in [0.25, 0.3) is 0 Å². The molecular weight excluding hydrogens is 312 g/mol. The van der Waals surface area contributed by atoms with Gasteiger partial charge in [0.1, 0.15) is 0 Å². The maximum atomic E-state index is 12.6. The minimum absolute atomic E-state index is 0. The van der Waals surface area contributed by atoms with Crippen molar-refractivity contribution in [3.8, 4) is 0 Å². The molecule has 1 aromatic rings. The van der Waals surface area contributed by atoms with E-state index in [0.717, 1.165) is 37.8 Å². The van der Waals surface area contributed by atoms with Crippen LogP contribution in [0.3, 0.4) is 0 Å². The van der Waals surface area contributed by atoms with Crippen molar-refractivity contribution in [2.24, 2.45) is 0 Å². The molecule has 1 fully saturated rings. The lowest BCUT2D eigenvalue weighted by Gasteiger charge is -2.33. The summed E-state index contributed by atoms with van der Waals surface area (Å²) in [5, 5.41) is 3.24. The van der Waals surface area contributed by atoms with Crippen LogP contribution in [-0.2, 0) is 6.18 Å². The van der Waals surface area contributed by atoms with Gasteiger partial charge >= 0.3 is 6.18 Å². The number of nitrogens with zero attached hydrogens (tertiary/aromatic N) is 1. The Hall–Kier alpha value is -0.490. The summed E-state index contributed by atoms with van der Waals surface area (Å²) >= 11 is 0. The van der Waals surface area contributed by atoms with Gasteiger partial charge in [0.05, 0.1) is 5.56 Å². The third-order valence-corrected chi connectivity index (χ3v) is 3.40. The first-order valence-electron chi connectivity index (χ1n) is 6.10. The lowest BCUT2D eigenvalue weighted by molar-refractivity contribution is -0.137. The molecule has 7 heteroatoms. The smallest absolute Gasteiger partial charge is 0.314 e. The molecule has 0 radical (unpaired) electrons. The second-order valence-corrected chi connectivity index (χ2v) is 4.59. The standard InChI is InChI=1S/C13H17F3N2.2ClH/c1-10(18-7-5-17-6-8-18)11-3-2-4-12(9-11)13(14,15)16;;/h2-4,9-10,17H,5-8H2,1H3;2*1H/t10-;;/m0../s1. The number of piperazine rings is 1. The van der Waals surface area contributed by atoms with Crippen molar-refractivity contribution in [3.63, 3.8) is 0 Å². The predicted molar refractivity (Wildman–Crippen MR) is 78.8 cm³/mol. The van der Waals surface area contributed by atoms with E-state index in [1.807, 2.05) is 6.92 Å². The largest absolute Gasteiger partial charge is 0.416 e. The summed E-state index contributed by atoms with van der Waals surface area (Å²) in [4.78, 5) is 2.20. The fourth-order valence-electron chi connectivity index (χ4n) is 2.26. The highest BCUT2D eigenvalue weighted by molar-refractivity contribution is 5.85. The van der Waals surface area contributed by atoms with Crippen molar-refractivity contribution < 1.29 is 13.2 Å². The maximum Gasteiger partial charge on any atom is 0.416 e. The van der Waals surface area contributed by atoms with Crippen LogP contribution in [0.2, 0.25) is 0 Å². The monoisotopic (exact) mass is 330 g/mol. The van der Waals surface area contributed by atoms with E-state index in [4.69, 9.17) is 0 Å². The van der Waals surface area contributed by atoms with E-state index in [1.54, 1.807) is 6.07 Å². The fourth-order valence-corrected chi connectivity index (χ4v) is 2.26. The fraction of sp³-hybridized carbons (Fsp3) is 0.538. The molecule has 116 valence electrons. The SMILES string of the molecule is C[C@@H](c1cccc(C(F)(F)F)c1)N1CCNCC1.Cl.Cl. The zero-order valence-corrected chi connectivity index (χ0v) is 12.7. The van der Waals surface area contributed by atoms with E-state index in [9.17, 15) is 13.2 Å². The van der Waals surface area contributed by atoms with Crippen LogP contribution in [0.5, 0.6) is 0 Å². The van der Waals surface area contributed by atoms with E-state index in [-0.39, 0.29) is 30.9 Å². The lowest BCUT2D eigenvalue weighted by atomic mass is 10.0. The van der Waals surface area contributed by atoms with Crippen LogP contribution < -0.4 is 5.32 Å². The number of halogens is 5. The quantitative estimate of drug-likeness (QED) is 0.892. The molecule has 1 saturated heterocycles. The van der Waals surface area contributed by atoms with Crippen molar-refractivity contribution in [1.29, 1.82) is 0 Å². The Morgan fingerprint density at radius 2 is 1.75 bits per heavy atom. The third kappa shape index (κ3) is 4.81. The lowest BCUT2D eigenvalue weighted by Crippen LogP contribution is -2.44. The highest BCUT2D eigenvalue weighted by Crippen LogP contribution is 2.31. The molecule has 1 aliphatic heterocycles. The number of hydrogen-bond donors (Lipinski definition) is 1. The Morgan fingerprint density at radius 1 is 1.15 bits per heavy atom. The van der Waals surface area contributed by atoms with Crippen LogP contribution in [0.1, 0.15) is 24.1 Å². The molecule has 0 saturated carbocycles. The predicted octanol–water partition coefficient (Wildman–Crippen LogP) is 3.52. The molecule has 2 rings (SSSR count). The Balaban J connectivity index is 0.00000180. The van der Waals surface area contributed by atoms with Crippen LogP contribution in [-0.4, -0.2) is 31.1 Å². The van der Waals surface area contributed by atoms with E-state index < -0.39 is 11.7 Å². The summed E-state index contributed by atoms with van der Waals surface area (Å²) in [6.07, 6.45) is -4.26. The van der Waals surface area contributed by atoms with E-state index in [0.29, 0.717) is 0 Å². The van der Waals surface area contributed by atoms with Crippen LogP contribution in [0.4, 0.5) is 13.2 Å². The van der Waals surface area contributed by atoms with Gasteiger partial charge in [-0.1, -0.05) is 12.1 Å². The summed E-state index contributed by atoms with van der Waals surface area (Å²) in [7, 11) is 0. The Kier molecular flexibility index (Phi) is 7.88. The van der Waals surface area contributed by atoms with Crippen molar-refractivity contribution in [2.75, 3.05) is 26.2 Å². The Morgan fingerprint density at radius 3 is 2.30 bits per heavy atom. The number of hydrogen-bond acceptors (Lipinski definition) is 2. The summed E-state index contributed by atoms with van der Waals surface area (Å²) in [6, 6.07) is 5.65. The van der Waals surface area contributed by atoms with Crippen LogP contribution >= 0.6 is 24.8 Å². The molecule has 0 bridgehead atoms. The first-order chi connectivity index (χ1) is 8.48. The second kappa shape index (κ2) is 8.08. The molecule has 0 amide bonds. The van der Waals surface area contributed by atoms with Gasteiger partial charge in [-0.25, -0.2) is 0 Å². The first-order valence-corrected chi connectivity index (χ1v) is 6.10. The average molecular weight is 331 g/mol. The number of benzene rings is 1. The molecule has 1 heterocycles. The van der Waals surface area contributed by atoms with Crippen molar-refractivity contribution >= 4 is 24.8 Å². The van der Waals surface area contributed by atoms with Gasteiger partial charge in [-0.2, -0.15) is 13.2 Å². The summed E-state index contributed by atoms with van der Waals surface area (Å²) in [5.41, 5.74) is 0.161. The van der Waals surface area contributed by atoms with E-state index in [2.05, 4.69) is 10.2 Å². The van der Waals surface area contributed by atoms with Gasteiger partial charge in [-0.3, -0.25) is 4.90 Å². The van der Waals surface area contributed by atoms with Crippen molar-refractivity contribution in [2.45, 2.75) is 19.1 Å². The molecular formula is C13H19Cl2F3N2. The number of alkyl halides is 3. The molecule has 20 heavy (non-hydrogen) atoms. The maximum absolute atomic E-state index is 12.6.